The van der Waals surface area contributed by atoms with Crippen LogP contribution in [0.3, 0.4) is 0 Å². The van der Waals surface area contributed by atoms with Gasteiger partial charge in [0, 0.05) is 19.4 Å². The Hall–Kier alpha value is -19.5. The van der Waals surface area contributed by atoms with Gasteiger partial charge in [-0.2, -0.15) is 51.6 Å². The quantitative estimate of drug-likeness (QED) is 0.0498. The summed E-state index contributed by atoms with van der Waals surface area (Å²) in [5.74, 6) is 3.25. The second-order valence-corrected chi connectivity index (χ2v) is 35.8. The van der Waals surface area contributed by atoms with Crippen LogP contribution in [-0.2, 0) is 55.6 Å². The summed E-state index contributed by atoms with van der Waals surface area (Å²) in [6.45, 7) is 23.1. The molecular formula is C118H96FN23O2. The Balaban J connectivity index is 0.000000124. The van der Waals surface area contributed by atoms with Crippen molar-refractivity contribution in [3.05, 3.63) is 469 Å². The summed E-state index contributed by atoms with van der Waals surface area (Å²) in [6, 6.07) is 110. The number of terminal acetylenes is 1. The number of nitrogens with zero attached hydrogens (tertiary/aromatic N) is 23. The average molecular weight is 1890 g/mol. The van der Waals surface area contributed by atoms with Crippen LogP contribution in [0.1, 0.15) is 108 Å². The van der Waals surface area contributed by atoms with Crippen LogP contribution in [-0.4, -0.2) is 98.8 Å². The summed E-state index contributed by atoms with van der Waals surface area (Å²) in [7, 11) is 0. The van der Waals surface area contributed by atoms with Crippen molar-refractivity contribution in [2.45, 2.75) is 97.2 Å². The third kappa shape index (κ3) is 25.4. The zero-order chi connectivity index (χ0) is 101. The molecule has 6 heterocycles. The third-order valence-corrected chi connectivity index (χ3v) is 24.2. The van der Waals surface area contributed by atoms with Crippen LogP contribution in [0, 0.1) is 70.1 Å². The fraction of sp³-hybridized carbons (Fsp3) is 0.127. The number of hydrogen-bond donors (Lipinski definition) is 2. The number of phenolic OH excluding ortho intramolecular Hbond substituents is 2. The summed E-state index contributed by atoms with van der Waals surface area (Å²) in [5.41, 5.74) is 22.6. The second kappa shape index (κ2) is 45.2. The lowest BCUT2D eigenvalue weighted by Crippen LogP contribution is -2.15. The van der Waals surface area contributed by atoms with E-state index in [0.717, 1.165) is 127 Å². The largest absolute Gasteiger partial charge is 0.508 e. The monoisotopic (exact) mass is 1890 g/mol. The van der Waals surface area contributed by atoms with Crippen LogP contribution in [0.25, 0.3) is 104 Å². The molecule has 0 aliphatic rings. The molecule has 0 spiro atoms. The normalized spacial score (nSPS) is 10.9. The maximum absolute atomic E-state index is 12.9. The van der Waals surface area contributed by atoms with Crippen LogP contribution < -0.4 is 0 Å². The highest BCUT2D eigenvalue weighted by molar-refractivity contribution is 5.91. The van der Waals surface area contributed by atoms with Crippen LogP contribution in [0.4, 0.5) is 4.39 Å². The molecule has 0 amide bonds. The predicted molar refractivity (Wildman–Crippen MR) is 556 cm³/mol. The van der Waals surface area contributed by atoms with Crippen LogP contribution in [0.15, 0.2) is 385 Å². The highest BCUT2D eigenvalue weighted by Gasteiger charge is 2.28. The van der Waals surface area contributed by atoms with Gasteiger partial charge in [0.25, 0.3) is 5.54 Å². The number of halogens is 1. The highest BCUT2D eigenvalue weighted by atomic mass is 19.1. The Morgan fingerprint density at radius 3 is 1.08 bits per heavy atom. The second-order valence-electron chi connectivity index (χ2n) is 35.8. The zero-order valence-electron chi connectivity index (χ0n) is 79.8. The standard InChI is InChI=1S/C24H21N3.C23H20N4O.C20H17N5.C19H15N3O.C17H11N5.C15H12FN3/c1-4-24(2,3)23-12-18(15-27-17-25-16-26-27)11-22(14-23)21-10-9-19-7-5-6-8-20(19)13-21;1-23(2,24-3)21-9-16(13-27-15-25-14-26-27)8-20(11-21)18-4-5-19-12-22(28)7-6-17(19)10-18;1-20(2,12-22)19-8-16(11-25-14-23-13-24-25)7-18(9-19)17-5-3-4-15(6-17)10-21;23-19-7-6-17-9-16(4-5-18(17)10-19)15-3-1-2-14(8-15)11-22-13-20-12-21-22;18-8-13-1-3-14(4-2-13)15-5-6-16(9-19)17(7-15)10-22-12-20-11-21-22;16-15-6-4-13(5-7-15)14-3-1-2-12(8-14)9-19-11-17-10-18-19/h1,5-14,16-17H,15H2,2-3H3;4-12,14-15,28H,13H2,1-2H3;3-9,13-14H,11H2,1-2H3;1-10,12-13,23H,11H2;1-7,11-12H,10H2;1-8,10-11H,9H2. The van der Waals surface area contributed by atoms with E-state index in [2.05, 4.69) is 243 Å². The van der Waals surface area contributed by atoms with E-state index in [1.807, 2.05) is 140 Å². The van der Waals surface area contributed by atoms with Crippen molar-refractivity contribution in [3.8, 4) is 115 Å². The fourth-order valence-corrected chi connectivity index (χ4v) is 16.2. The highest BCUT2D eigenvalue weighted by Crippen LogP contribution is 2.38. The van der Waals surface area contributed by atoms with Gasteiger partial charge in [-0.25, -0.2) is 69.0 Å². The van der Waals surface area contributed by atoms with Gasteiger partial charge >= 0.3 is 0 Å². The summed E-state index contributed by atoms with van der Waals surface area (Å²) in [5, 5.41) is 87.6. The molecule has 144 heavy (non-hydrogen) atoms. The lowest BCUT2D eigenvalue weighted by molar-refractivity contribution is 0.475. The van der Waals surface area contributed by atoms with Gasteiger partial charge in [0.15, 0.2) is 0 Å². The molecule has 0 aliphatic heterocycles. The maximum atomic E-state index is 12.9. The van der Waals surface area contributed by atoms with Gasteiger partial charge in [-0.3, -0.25) is 0 Å². The van der Waals surface area contributed by atoms with Crippen molar-refractivity contribution in [2.75, 3.05) is 0 Å². The molecule has 26 heteroatoms. The molecule has 15 aromatic carbocycles. The lowest BCUT2D eigenvalue weighted by Gasteiger charge is -2.21. The number of hydrogen-bond acceptors (Lipinski definition) is 18. The van der Waals surface area contributed by atoms with Crippen molar-refractivity contribution < 1.29 is 14.6 Å². The minimum atomic E-state index is -0.615. The Kier molecular flexibility index (Phi) is 30.6. The van der Waals surface area contributed by atoms with Gasteiger partial charge in [0.2, 0.25) is 0 Å². The molecule has 21 aromatic rings. The van der Waals surface area contributed by atoms with Gasteiger partial charge in [0.1, 0.15) is 93.2 Å². The van der Waals surface area contributed by atoms with E-state index in [9.17, 15) is 25.1 Å². The first-order valence-electron chi connectivity index (χ1n) is 46.0. The molecule has 21 rings (SSSR count). The third-order valence-electron chi connectivity index (χ3n) is 24.2. The average Bonchev–Trinajstić information content (AvgIpc) is 0.840. The first kappa shape index (κ1) is 97.5. The van der Waals surface area contributed by atoms with E-state index in [0.29, 0.717) is 61.7 Å². The van der Waals surface area contributed by atoms with E-state index in [-0.39, 0.29) is 17.0 Å². The van der Waals surface area contributed by atoms with E-state index in [1.54, 1.807) is 130 Å². The zero-order valence-corrected chi connectivity index (χ0v) is 79.8. The minimum absolute atomic E-state index is 0.220. The number of rotatable bonds is 21. The van der Waals surface area contributed by atoms with Crippen LogP contribution >= 0.6 is 0 Å². The number of nitriles is 4. The molecular weight excluding hydrogens is 1790 g/mol. The van der Waals surface area contributed by atoms with Gasteiger partial charge in [0.05, 0.1) is 91.1 Å². The van der Waals surface area contributed by atoms with Crippen LogP contribution in [0.5, 0.6) is 11.5 Å². The predicted octanol–water partition coefficient (Wildman–Crippen LogP) is 23.5. The fourth-order valence-electron chi connectivity index (χ4n) is 16.2. The first-order valence-corrected chi connectivity index (χ1v) is 46.0. The SMILES string of the molecule is C#CC(C)(C)c1cc(Cn2cncn2)cc(-c2ccc3ccccc3c2)c1.CC(C)(C#N)c1cc(Cn2cncn2)cc(-c2cccc(C#N)c2)c1.Fc1ccc(-c2cccc(Cn3cncn3)c2)cc1.N#Cc1ccc(-c2ccc(C#N)c(Cn3cncn3)c2)cc1.Oc1ccc2cc(-c3cccc(Cn4cncn4)c3)ccc2c1.[C-]#[N+]C(C)(C)c1cc(Cn2cncn2)cc(-c2ccc3cc(O)ccc3c2)c1. The molecule has 0 fully saturated rings. The van der Waals surface area contributed by atoms with Gasteiger partial charge in [-0.15, -0.1) is 6.42 Å². The first-order chi connectivity index (χ1) is 69.9. The Morgan fingerprint density at radius 1 is 0.306 bits per heavy atom. The van der Waals surface area contributed by atoms with E-state index in [1.165, 1.54) is 59.3 Å². The topological polar surface area (TPSA) is 324 Å². The summed E-state index contributed by atoms with van der Waals surface area (Å²) in [6.07, 6.45) is 25.0. The molecule has 6 aromatic heterocycles. The van der Waals surface area contributed by atoms with Crippen molar-refractivity contribution in [1.29, 1.82) is 21.0 Å². The van der Waals surface area contributed by atoms with Crippen LogP contribution in [0.2, 0.25) is 0 Å². The number of benzene rings is 15. The van der Waals surface area contributed by atoms with E-state index < -0.39 is 11.0 Å². The summed E-state index contributed by atoms with van der Waals surface area (Å²) >= 11 is 0. The molecule has 0 saturated carbocycles. The lowest BCUT2D eigenvalue weighted by atomic mass is 9.83. The van der Waals surface area contributed by atoms with Gasteiger partial charge < -0.3 is 15.1 Å². The molecule has 0 atom stereocenters. The molecule has 702 valence electrons. The summed E-state index contributed by atoms with van der Waals surface area (Å²) < 4.78 is 23.5. The Bertz CT molecular complexity index is 8280. The Labute approximate surface area is 832 Å². The van der Waals surface area contributed by atoms with Crippen molar-refractivity contribution in [2.24, 2.45) is 0 Å². The summed E-state index contributed by atoms with van der Waals surface area (Å²) in [4.78, 5) is 27.6. The van der Waals surface area contributed by atoms with Gasteiger partial charge in [-0.1, -0.05) is 170 Å². The number of aromatic hydroxyl groups is 2. The number of fused-ring (bicyclic) bond motifs is 3. The number of phenols is 2. The van der Waals surface area contributed by atoms with E-state index >= 15 is 0 Å². The van der Waals surface area contributed by atoms with E-state index in [4.69, 9.17) is 23.5 Å². The van der Waals surface area contributed by atoms with Gasteiger partial charge in [-0.05, 0) is 317 Å². The maximum Gasteiger partial charge on any atom is 0.252 e. The molecule has 2 N–H and O–H groups in total. The molecule has 0 bridgehead atoms. The van der Waals surface area contributed by atoms with Crippen molar-refractivity contribution in [3.63, 3.8) is 0 Å². The molecule has 0 unspecified atom stereocenters. The molecule has 0 saturated heterocycles. The smallest absolute Gasteiger partial charge is 0.252 e. The van der Waals surface area contributed by atoms with Crippen molar-refractivity contribution >= 4 is 32.3 Å². The minimum Gasteiger partial charge on any atom is -0.508 e. The Morgan fingerprint density at radius 2 is 0.646 bits per heavy atom. The molecule has 25 nitrogen and oxygen atoms in total. The van der Waals surface area contributed by atoms with Crippen molar-refractivity contribution in [1.82, 2.24) is 88.6 Å². The molecule has 0 aliphatic carbocycles. The molecule has 0 radical (unpaired) electrons. The number of aromatic nitrogens is 18.